The molecule has 3 rings (SSSR count). The van der Waals surface area contributed by atoms with E-state index in [1.54, 1.807) is 6.20 Å². The molecule has 21 heavy (non-hydrogen) atoms. The van der Waals surface area contributed by atoms with Crippen molar-refractivity contribution in [3.05, 3.63) is 48.0 Å². The molecule has 0 bridgehead atoms. The van der Waals surface area contributed by atoms with Gasteiger partial charge in [0.2, 0.25) is 0 Å². The highest BCUT2D eigenvalue weighted by atomic mass is 15.3. The van der Waals surface area contributed by atoms with E-state index in [4.69, 9.17) is 5.84 Å². The number of anilines is 3. The van der Waals surface area contributed by atoms with Crippen molar-refractivity contribution in [3.63, 3.8) is 0 Å². The molecule has 0 radical (unpaired) electrons. The van der Waals surface area contributed by atoms with Crippen molar-refractivity contribution in [1.29, 1.82) is 0 Å². The molecule has 0 aliphatic heterocycles. The van der Waals surface area contributed by atoms with Gasteiger partial charge in [0.1, 0.15) is 17.5 Å². The summed E-state index contributed by atoms with van der Waals surface area (Å²) in [7, 11) is 0. The van der Waals surface area contributed by atoms with Gasteiger partial charge in [0, 0.05) is 34.4 Å². The number of pyridine rings is 1. The van der Waals surface area contributed by atoms with Gasteiger partial charge in [0.15, 0.2) is 0 Å². The number of hydrogen-bond donors (Lipinski definition) is 3. The molecule has 0 saturated carbocycles. The van der Waals surface area contributed by atoms with Crippen molar-refractivity contribution in [2.75, 3.05) is 10.7 Å². The van der Waals surface area contributed by atoms with Gasteiger partial charge in [0.05, 0.1) is 0 Å². The van der Waals surface area contributed by atoms with E-state index in [2.05, 4.69) is 25.7 Å². The highest BCUT2D eigenvalue weighted by Crippen LogP contribution is 2.28. The summed E-state index contributed by atoms with van der Waals surface area (Å²) in [5.41, 5.74) is 4.44. The Balaban J connectivity index is 2.09. The van der Waals surface area contributed by atoms with Crippen LogP contribution < -0.4 is 16.6 Å². The van der Waals surface area contributed by atoms with Gasteiger partial charge in [-0.2, -0.15) is 0 Å². The van der Waals surface area contributed by atoms with E-state index in [0.717, 1.165) is 27.8 Å². The van der Waals surface area contributed by atoms with Crippen molar-refractivity contribution < 1.29 is 0 Å². The summed E-state index contributed by atoms with van der Waals surface area (Å²) in [5.74, 6) is 7.50. The van der Waals surface area contributed by atoms with Crippen molar-refractivity contribution in [3.8, 4) is 0 Å². The minimum atomic E-state index is 0.618. The van der Waals surface area contributed by atoms with Gasteiger partial charge in [-0.05, 0) is 26.0 Å². The number of nitrogens with two attached hydrogens (primary N) is 1. The highest BCUT2D eigenvalue weighted by Gasteiger charge is 2.09. The Kier molecular flexibility index (Phi) is 3.37. The van der Waals surface area contributed by atoms with Crippen LogP contribution in [0.25, 0.3) is 10.8 Å². The fourth-order valence-corrected chi connectivity index (χ4v) is 2.25. The maximum absolute atomic E-state index is 5.50. The Labute approximate surface area is 122 Å². The van der Waals surface area contributed by atoms with E-state index in [0.29, 0.717) is 11.6 Å². The van der Waals surface area contributed by atoms with E-state index in [1.807, 2.05) is 44.3 Å². The normalized spacial score (nSPS) is 10.6. The zero-order valence-corrected chi connectivity index (χ0v) is 11.9. The number of fused-ring (bicyclic) bond motifs is 1. The lowest BCUT2D eigenvalue weighted by Crippen LogP contribution is -2.13. The summed E-state index contributed by atoms with van der Waals surface area (Å²) < 4.78 is 0. The number of hydrogen-bond acceptors (Lipinski definition) is 6. The average molecular weight is 280 g/mol. The molecule has 4 N–H and O–H groups in total. The second-order valence-corrected chi connectivity index (χ2v) is 4.76. The summed E-state index contributed by atoms with van der Waals surface area (Å²) >= 11 is 0. The summed E-state index contributed by atoms with van der Waals surface area (Å²) in [6.45, 7) is 3.75. The van der Waals surface area contributed by atoms with E-state index >= 15 is 0 Å². The Hall–Kier alpha value is -2.73. The second-order valence-electron chi connectivity index (χ2n) is 4.76. The third kappa shape index (κ3) is 2.48. The van der Waals surface area contributed by atoms with Gasteiger partial charge in [-0.1, -0.05) is 12.1 Å². The first-order chi connectivity index (χ1) is 10.2. The number of nitrogens with one attached hydrogen (secondary N) is 2. The molecule has 0 fully saturated rings. The average Bonchev–Trinajstić information content (AvgIpc) is 2.51. The lowest BCUT2D eigenvalue weighted by Gasteiger charge is -2.14. The molecular formula is C15H16N6. The van der Waals surface area contributed by atoms with Crippen LogP contribution in [0.3, 0.4) is 0 Å². The first-order valence-electron chi connectivity index (χ1n) is 6.60. The third-order valence-electron chi connectivity index (χ3n) is 3.33. The van der Waals surface area contributed by atoms with Crippen LogP contribution in [0.4, 0.5) is 17.3 Å². The second kappa shape index (κ2) is 5.34. The van der Waals surface area contributed by atoms with Crippen LogP contribution in [0.15, 0.2) is 36.7 Å². The van der Waals surface area contributed by atoms with Crippen LogP contribution in [-0.4, -0.2) is 15.0 Å². The molecule has 2 heterocycles. The lowest BCUT2D eigenvalue weighted by molar-refractivity contribution is 1.03. The molecule has 0 unspecified atom stereocenters. The molecule has 0 spiro atoms. The maximum atomic E-state index is 5.50. The Morgan fingerprint density at radius 3 is 2.67 bits per heavy atom. The molecular weight excluding hydrogens is 264 g/mol. The van der Waals surface area contributed by atoms with Gasteiger partial charge in [-0.3, -0.25) is 4.98 Å². The molecule has 6 heteroatoms. The van der Waals surface area contributed by atoms with Crippen LogP contribution >= 0.6 is 0 Å². The molecule has 0 saturated heterocycles. The number of aryl methyl sites for hydroxylation is 1. The van der Waals surface area contributed by atoms with Gasteiger partial charge in [0.25, 0.3) is 0 Å². The molecule has 1 aromatic carbocycles. The predicted molar refractivity (Wildman–Crippen MR) is 84.3 cm³/mol. The number of nitrogens with zero attached hydrogens (tertiary/aromatic N) is 3. The largest absolute Gasteiger partial charge is 0.339 e. The minimum absolute atomic E-state index is 0.618. The summed E-state index contributed by atoms with van der Waals surface area (Å²) in [6.07, 6.45) is 3.62. The highest BCUT2D eigenvalue weighted by molar-refractivity contribution is 5.94. The molecule has 2 aromatic heterocycles. The monoisotopic (exact) mass is 280 g/mol. The molecule has 6 nitrogen and oxygen atoms in total. The summed E-state index contributed by atoms with van der Waals surface area (Å²) in [4.78, 5) is 12.8. The molecule has 0 aliphatic carbocycles. The first kappa shape index (κ1) is 13.3. The fraction of sp³-hybridized carbons (Fsp3) is 0.133. The standard InChI is InChI=1S/C15H16N6/c1-9-14(18-10(2)19-15(9)21-16)20-13-5-3-4-11-8-17-7-6-12(11)13/h3-8H,16H2,1-2H3,(H2,18,19,20,21). The lowest BCUT2D eigenvalue weighted by atomic mass is 10.1. The maximum Gasteiger partial charge on any atom is 0.148 e. The van der Waals surface area contributed by atoms with Crippen molar-refractivity contribution in [1.82, 2.24) is 15.0 Å². The van der Waals surface area contributed by atoms with Crippen molar-refractivity contribution in [2.45, 2.75) is 13.8 Å². The van der Waals surface area contributed by atoms with E-state index < -0.39 is 0 Å². The summed E-state index contributed by atoms with van der Waals surface area (Å²) in [5, 5.41) is 5.52. The van der Waals surface area contributed by atoms with E-state index in [1.165, 1.54) is 0 Å². The third-order valence-corrected chi connectivity index (χ3v) is 3.33. The quantitative estimate of drug-likeness (QED) is 0.505. The zero-order chi connectivity index (χ0) is 14.8. The number of hydrazine groups is 1. The Morgan fingerprint density at radius 1 is 1.05 bits per heavy atom. The number of rotatable bonds is 3. The van der Waals surface area contributed by atoms with Gasteiger partial charge in [-0.15, -0.1) is 0 Å². The van der Waals surface area contributed by atoms with Gasteiger partial charge in [-0.25, -0.2) is 15.8 Å². The Bertz CT molecular complexity index is 794. The van der Waals surface area contributed by atoms with Crippen molar-refractivity contribution >= 4 is 28.1 Å². The SMILES string of the molecule is Cc1nc(NN)c(C)c(Nc2cccc3cnccc23)n1. The van der Waals surface area contributed by atoms with Crippen LogP contribution in [0.2, 0.25) is 0 Å². The van der Waals surface area contributed by atoms with E-state index in [-0.39, 0.29) is 0 Å². The smallest absolute Gasteiger partial charge is 0.148 e. The molecule has 0 amide bonds. The van der Waals surface area contributed by atoms with E-state index in [9.17, 15) is 0 Å². The molecule has 3 aromatic rings. The number of aromatic nitrogens is 3. The summed E-state index contributed by atoms with van der Waals surface area (Å²) in [6, 6.07) is 7.99. The van der Waals surface area contributed by atoms with Crippen LogP contribution in [0.5, 0.6) is 0 Å². The topological polar surface area (TPSA) is 88.8 Å². The van der Waals surface area contributed by atoms with Gasteiger partial charge >= 0.3 is 0 Å². The first-order valence-corrected chi connectivity index (χ1v) is 6.60. The molecule has 0 aliphatic rings. The minimum Gasteiger partial charge on any atom is -0.339 e. The van der Waals surface area contributed by atoms with Crippen molar-refractivity contribution in [2.24, 2.45) is 5.84 Å². The van der Waals surface area contributed by atoms with Crippen LogP contribution in [0.1, 0.15) is 11.4 Å². The Morgan fingerprint density at radius 2 is 1.86 bits per heavy atom. The number of benzene rings is 1. The van der Waals surface area contributed by atoms with Crippen LogP contribution in [0, 0.1) is 13.8 Å². The fourth-order valence-electron chi connectivity index (χ4n) is 2.25. The van der Waals surface area contributed by atoms with Gasteiger partial charge < -0.3 is 10.7 Å². The zero-order valence-electron chi connectivity index (χ0n) is 11.9. The molecule has 106 valence electrons. The number of nitrogen functional groups attached to an aromatic ring is 1. The van der Waals surface area contributed by atoms with Crippen LogP contribution in [-0.2, 0) is 0 Å². The predicted octanol–water partition coefficient (Wildman–Crippen LogP) is 2.67. The molecule has 0 atom stereocenters.